The second-order valence-electron chi connectivity index (χ2n) is 6.91. The number of aromatic nitrogens is 2. The van der Waals surface area contributed by atoms with Gasteiger partial charge in [0.25, 0.3) is 0 Å². The van der Waals surface area contributed by atoms with E-state index < -0.39 is 0 Å². The topological polar surface area (TPSA) is 58.1 Å². The number of rotatable bonds is 6. The maximum absolute atomic E-state index is 12.5. The highest BCUT2D eigenvalue weighted by molar-refractivity contribution is 5.83. The molecule has 1 heterocycles. The summed E-state index contributed by atoms with van der Waals surface area (Å²) in [7, 11) is 4.09. The Morgan fingerprint density at radius 3 is 2.33 bits per heavy atom. The van der Waals surface area contributed by atoms with E-state index in [9.17, 15) is 4.79 Å². The summed E-state index contributed by atoms with van der Waals surface area (Å²) < 4.78 is 0. The lowest BCUT2D eigenvalue weighted by Crippen LogP contribution is -2.46. The van der Waals surface area contributed by atoms with E-state index in [1.165, 1.54) is 6.33 Å². The first kappa shape index (κ1) is 17.6. The fourth-order valence-electron chi connectivity index (χ4n) is 2.09. The highest BCUT2D eigenvalue weighted by Gasteiger charge is 2.28. The maximum Gasteiger partial charge on any atom is 0.227 e. The lowest BCUT2D eigenvalue weighted by molar-refractivity contribution is -0.123. The Balaban J connectivity index is 2.71. The molecule has 2 atom stereocenters. The zero-order chi connectivity index (χ0) is 16.0. The highest BCUT2D eigenvalue weighted by Crippen LogP contribution is 2.23. The van der Waals surface area contributed by atoms with Gasteiger partial charge < -0.3 is 10.2 Å². The van der Waals surface area contributed by atoms with E-state index in [0.29, 0.717) is 0 Å². The Labute approximate surface area is 128 Å². The van der Waals surface area contributed by atoms with Gasteiger partial charge >= 0.3 is 0 Å². The molecule has 0 aliphatic carbocycles. The summed E-state index contributed by atoms with van der Waals surface area (Å²) in [5, 5.41) is 3.19. The van der Waals surface area contributed by atoms with Crippen molar-refractivity contribution in [1.82, 2.24) is 20.2 Å². The third kappa shape index (κ3) is 5.79. The van der Waals surface area contributed by atoms with Gasteiger partial charge in [0.05, 0.1) is 5.92 Å². The van der Waals surface area contributed by atoms with Crippen LogP contribution in [0.1, 0.15) is 45.6 Å². The number of carbonyl (C=O) groups is 1. The zero-order valence-electron chi connectivity index (χ0n) is 14.1. The van der Waals surface area contributed by atoms with Crippen molar-refractivity contribution in [2.75, 3.05) is 20.6 Å². The summed E-state index contributed by atoms with van der Waals surface area (Å²) in [6, 6.07) is 0.138. The van der Waals surface area contributed by atoms with Crippen LogP contribution in [0.25, 0.3) is 0 Å². The Bertz CT molecular complexity index is 439. The quantitative estimate of drug-likeness (QED) is 0.872. The fraction of sp³-hybridized carbons (Fsp3) is 0.688. The van der Waals surface area contributed by atoms with Crippen molar-refractivity contribution in [2.24, 2.45) is 5.41 Å². The number of nitrogens with zero attached hydrogens (tertiary/aromatic N) is 3. The third-order valence-electron chi connectivity index (χ3n) is 3.70. The van der Waals surface area contributed by atoms with Crippen molar-refractivity contribution < 1.29 is 4.79 Å². The minimum atomic E-state index is -0.240. The van der Waals surface area contributed by atoms with Gasteiger partial charge in [0.1, 0.15) is 6.33 Å². The lowest BCUT2D eigenvalue weighted by atomic mass is 9.84. The van der Waals surface area contributed by atoms with E-state index in [0.717, 1.165) is 18.5 Å². The van der Waals surface area contributed by atoms with Crippen LogP contribution in [0.4, 0.5) is 0 Å². The van der Waals surface area contributed by atoms with Gasteiger partial charge in [0.15, 0.2) is 0 Å². The van der Waals surface area contributed by atoms with Gasteiger partial charge in [-0.3, -0.25) is 4.79 Å². The summed E-state index contributed by atoms with van der Waals surface area (Å²) in [6.07, 6.45) is 5.80. The summed E-state index contributed by atoms with van der Waals surface area (Å²) in [4.78, 5) is 22.6. The first-order valence-electron chi connectivity index (χ1n) is 7.42. The number of hydrogen-bond acceptors (Lipinski definition) is 4. The van der Waals surface area contributed by atoms with Gasteiger partial charge in [-0.25, -0.2) is 9.97 Å². The molecule has 0 aliphatic rings. The lowest BCUT2D eigenvalue weighted by Gasteiger charge is -2.33. The number of hydrogen-bond donors (Lipinski definition) is 1. The average Bonchev–Trinajstić information content (AvgIpc) is 2.41. The van der Waals surface area contributed by atoms with E-state index in [2.05, 4.69) is 41.0 Å². The number of carbonyl (C=O) groups excluding carboxylic acids is 1. The smallest absolute Gasteiger partial charge is 0.227 e. The van der Waals surface area contributed by atoms with Crippen LogP contribution in [-0.4, -0.2) is 47.5 Å². The van der Waals surface area contributed by atoms with Gasteiger partial charge in [-0.1, -0.05) is 20.8 Å². The van der Waals surface area contributed by atoms with Crippen LogP contribution in [0, 0.1) is 5.41 Å². The molecule has 5 nitrogen and oxygen atoms in total. The molecule has 1 rings (SSSR count). The summed E-state index contributed by atoms with van der Waals surface area (Å²) in [6.45, 7) is 9.31. The van der Waals surface area contributed by atoms with Gasteiger partial charge in [-0.05, 0) is 39.4 Å². The molecule has 0 bridgehead atoms. The van der Waals surface area contributed by atoms with E-state index in [-0.39, 0.29) is 23.3 Å². The molecule has 0 aliphatic heterocycles. The molecule has 0 aromatic carbocycles. The van der Waals surface area contributed by atoms with E-state index in [1.807, 2.05) is 21.0 Å². The molecular weight excluding hydrogens is 264 g/mol. The van der Waals surface area contributed by atoms with E-state index >= 15 is 0 Å². The average molecular weight is 292 g/mol. The predicted octanol–water partition coefficient (Wildman–Crippen LogP) is 2.06. The predicted molar refractivity (Wildman–Crippen MR) is 85.0 cm³/mol. The van der Waals surface area contributed by atoms with Crippen molar-refractivity contribution in [3.63, 3.8) is 0 Å². The molecular formula is C16H28N4O. The first-order valence-corrected chi connectivity index (χ1v) is 7.42. The molecule has 0 unspecified atom stereocenters. The van der Waals surface area contributed by atoms with Crippen molar-refractivity contribution in [3.8, 4) is 0 Å². The summed E-state index contributed by atoms with van der Waals surface area (Å²) in [5.74, 6) is -0.209. The molecule has 0 radical (unpaired) electrons. The molecule has 0 saturated heterocycles. The molecule has 5 heteroatoms. The summed E-state index contributed by atoms with van der Waals surface area (Å²) >= 11 is 0. The first-order chi connectivity index (χ1) is 9.71. The van der Waals surface area contributed by atoms with Crippen LogP contribution >= 0.6 is 0 Å². The second kappa shape index (κ2) is 7.50. The normalized spacial score (nSPS) is 14.8. The van der Waals surface area contributed by atoms with Gasteiger partial charge in [0, 0.05) is 24.0 Å². The minimum Gasteiger partial charge on any atom is -0.352 e. The Morgan fingerprint density at radius 2 is 1.86 bits per heavy atom. The van der Waals surface area contributed by atoms with Crippen molar-refractivity contribution in [2.45, 2.75) is 46.1 Å². The maximum atomic E-state index is 12.5. The molecule has 1 aromatic heterocycles. The Kier molecular flexibility index (Phi) is 6.27. The third-order valence-corrected chi connectivity index (χ3v) is 3.70. The minimum absolute atomic E-state index is 0.0264. The van der Waals surface area contributed by atoms with E-state index in [4.69, 9.17) is 0 Å². The zero-order valence-corrected chi connectivity index (χ0v) is 14.1. The molecule has 0 saturated carbocycles. The van der Waals surface area contributed by atoms with Crippen LogP contribution < -0.4 is 5.32 Å². The van der Waals surface area contributed by atoms with Crippen LogP contribution in [0.3, 0.4) is 0 Å². The summed E-state index contributed by atoms with van der Waals surface area (Å²) in [5.41, 5.74) is 0.869. The van der Waals surface area contributed by atoms with Gasteiger partial charge in [-0.2, -0.15) is 0 Å². The monoisotopic (exact) mass is 292 g/mol. The molecule has 1 N–H and O–H groups in total. The molecule has 0 fully saturated rings. The van der Waals surface area contributed by atoms with Crippen molar-refractivity contribution >= 4 is 5.91 Å². The Morgan fingerprint density at radius 1 is 1.29 bits per heavy atom. The molecule has 1 aromatic rings. The van der Waals surface area contributed by atoms with E-state index in [1.54, 1.807) is 12.4 Å². The molecule has 0 spiro atoms. The van der Waals surface area contributed by atoms with Crippen molar-refractivity contribution in [3.05, 3.63) is 24.3 Å². The SMILES string of the molecule is C[C@H](C(=O)N[C@@H](CCN(C)C)C(C)(C)C)c1cncnc1. The number of amides is 1. The van der Waals surface area contributed by atoms with Crippen LogP contribution in [0.2, 0.25) is 0 Å². The highest BCUT2D eigenvalue weighted by atomic mass is 16.1. The molecule has 1 amide bonds. The van der Waals surface area contributed by atoms with Gasteiger partial charge in [0.2, 0.25) is 5.91 Å². The van der Waals surface area contributed by atoms with Crippen LogP contribution in [-0.2, 0) is 4.79 Å². The second-order valence-corrected chi connectivity index (χ2v) is 6.91. The van der Waals surface area contributed by atoms with Gasteiger partial charge in [-0.15, -0.1) is 0 Å². The van der Waals surface area contributed by atoms with Crippen LogP contribution in [0.5, 0.6) is 0 Å². The largest absolute Gasteiger partial charge is 0.352 e. The number of nitrogens with one attached hydrogen (secondary N) is 1. The molecule has 118 valence electrons. The Hall–Kier alpha value is -1.49. The van der Waals surface area contributed by atoms with Crippen LogP contribution in [0.15, 0.2) is 18.7 Å². The fourth-order valence-corrected chi connectivity index (χ4v) is 2.09. The standard InChI is InChI=1S/C16H28N4O/c1-12(13-9-17-11-18-10-13)15(21)19-14(16(2,3)4)7-8-20(5)6/h9-12,14H,7-8H2,1-6H3,(H,19,21)/t12-,14-/m0/s1. The van der Waals surface area contributed by atoms with Crippen molar-refractivity contribution in [1.29, 1.82) is 0 Å². The molecule has 21 heavy (non-hydrogen) atoms.